The van der Waals surface area contributed by atoms with E-state index >= 15 is 0 Å². The van der Waals surface area contributed by atoms with Crippen LogP contribution < -0.4 is 5.73 Å². The number of nitrogens with zero attached hydrogens (tertiary/aromatic N) is 3. The van der Waals surface area contributed by atoms with Crippen molar-refractivity contribution in [3.8, 4) is 0 Å². The maximum Gasteiger partial charge on any atom is 0.240 e. The van der Waals surface area contributed by atoms with Crippen molar-refractivity contribution < 1.29 is 9.59 Å². The fourth-order valence-corrected chi connectivity index (χ4v) is 3.58. The van der Waals surface area contributed by atoms with E-state index in [9.17, 15) is 9.59 Å². The molecule has 3 rings (SSSR count). The number of nitrogens with one attached hydrogen (secondary N) is 1. The highest BCUT2D eigenvalue weighted by Gasteiger charge is 2.30. The van der Waals surface area contributed by atoms with E-state index in [1.165, 1.54) is 18.0 Å². The topological polar surface area (TPSA) is 105 Å². The maximum atomic E-state index is 12.4. The molecule has 1 aliphatic rings. The molecular formula is C14H16ClN5O2S. The summed E-state index contributed by atoms with van der Waals surface area (Å²) < 4.78 is 0. The molecule has 2 aromatic rings. The van der Waals surface area contributed by atoms with Crippen molar-refractivity contribution in [1.82, 2.24) is 19.9 Å². The molecule has 2 amide bonds. The summed E-state index contributed by atoms with van der Waals surface area (Å²) in [6, 6.07) is 1.24. The number of H-pyrrole nitrogens is 1. The predicted octanol–water partition coefficient (Wildman–Crippen LogP) is 1.57. The third-order valence-corrected chi connectivity index (χ3v) is 4.83. The van der Waals surface area contributed by atoms with Gasteiger partial charge in [-0.1, -0.05) is 23.4 Å². The molecule has 0 saturated carbocycles. The van der Waals surface area contributed by atoms with Crippen LogP contribution in [0.15, 0.2) is 17.4 Å². The van der Waals surface area contributed by atoms with Crippen LogP contribution in [0, 0.1) is 0 Å². The van der Waals surface area contributed by atoms with Gasteiger partial charge in [-0.3, -0.25) is 9.59 Å². The molecule has 0 radical (unpaired) electrons. The monoisotopic (exact) mass is 353 g/mol. The van der Waals surface area contributed by atoms with Crippen molar-refractivity contribution >= 4 is 46.3 Å². The van der Waals surface area contributed by atoms with Crippen LogP contribution >= 0.6 is 23.4 Å². The average molecular weight is 354 g/mol. The van der Waals surface area contributed by atoms with E-state index in [1.54, 1.807) is 11.0 Å². The number of pyridine rings is 1. The van der Waals surface area contributed by atoms with E-state index in [0.717, 1.165) is 18.4 Å². The second-order valence-electron chi connectivity index (χ2n) is 5.36. The summed E-state index contributed by atoms with van der Waals surface area (Å²) >= 11 is 7.16. The van der Waals surface area contributed by atoms with Crippen LogP contribution in [0.3, 0.4) is 0 Å². The number of likely N-dealkylation sites (tertiary alicyclic amines) is 1. The van der Waals surface area contributed by atoms with Gasteiger partial charge >= 0.3 is 0 Å². The summed E-state index contributed by atoms with van der Waals surface area (Å²) in [7, 11) is 0. The smallest absolute Gasteiger partial charge is 0.240 e. The molecule has 0 aromatic carbocycles. The molecule has 0 aliphatic carbocycles. The quantitative estimate of drug-likeness (QED) is 0.812. The van der Waals surface area contributed by atoms with Gasteiger partial charge in [0.25, 0.3) is 0 Å². The van der Waals surface area contributed by atoms with Crippen LogP contribution in [0.25, 0.3) is 11.2 Å². The number of nitrogens with two attached hydrogens (primary N) is 1. The number of piperidine rings is 1. The van der Waals surface area contributed by atoms with Gasteiger partial charge in [0.15, 0.2) is 10.8 Å². The first-order valence-electron chi connectivity index (χ1n) is 7.27. The number of thioether (sulfide) groups is 1. The molecule has 122 valence electrons. The molecule has 0 spiro atoms. The maximum absolute atomic E-state index is 12.4. The normalized spacial score (nSPS) is 18.3. The van der Waals surface area contributed by atoms with Gasteiger partial charge in [-0.25, -0.2) is 9.97 Å². The second-order valence-corrected chi connectivity index (χ2v) is 6.76. The highest BCUT2D eigenvalue weighted by molar-refractivity contribution is 7.99. The minimum Gasteiger partial charge on any atom is -0.368 e. The van der Waals surface area contributed by atoms with Gasteiger partial charge in [-0.2, -0.15) is 0 Å². The van der Waals surface area contributed by atoms with E-state index in [4.69, 9.17) is 17.3 Å². The summed E-state index contributed by atoms with van der Waals surface area (Å²) in [6.45, 7) is 0.574. The minimum absolute atomic E-state index is 0.107. The third-order valence-electron chi connectivity index (χ3n) is 3.77. The summed E-state index contributed by atoms with van der Waals surface area (Å²) in [5.74, 6) is -0.354. The first kappa shape index (κ1) is 16.1. The van der Waals surface area contributed by atoms with E-state index in [1.807, 2.05) is 0 Å². The number of amides is 2. The molecule has 23 heavy (non-hydrogen) atoms. The molecule has 3 N–H and O–H groups in total. The molecule has 7 nitrogen and oxygen atoms in total. The lowest BCUT2D eigenvalue weighted by Crippen LogP contribution is -2.51. The number of hydrogen-bond acceptors (Lipinski definition) is 5. The number of carbonyl (C=O) groups is 2. The number of imidazole rings is 1. The highest BCUT2D eigenvalue weighted by atomic mass is 35.5. The number of aromatic amines is 1. The van der Waals surface area contributed by atoms with Crippen LogP contribution in [0.4, 0.5) is 0 Å². The second kappa shape index (κ2) is 6.76. The molecule has 0 unspecified atom stereocenters. The van der Waals surface area contributed by atoms with Crippen LogP contribution in [0.5, 0.6) is 0 Å². The first-order valence-corrected chi connectivity index (χ1v) is 8.64. The Morgan fingerprint density at radius 3 is 3.09 bits per heavy atom. The Morgan fingerprint density at radius 2 is 2.30 bits per heavy atom. The molecule has 1 saturated heterocycles. The highest BCUT2D eigenvalue weighted by Crippen LogP contribution is 2.23. The lowest BCUT2D eigenvalue weighted by atomic mass is 10.0. The van der Waals surface area contributed by atoms with Gasteiger partial charge in [0, 0.05) is 12.7 Å². The molecule has 3 heterocycles. The largest absolute Gasteiger partial charge is 0.368 e. The number of halogens is 1. The molecule has 2 aromatic heterocycles. The Kier molecular flexibility index (Phi) is 4.72. The third kappa shape index (κ3) is 3.59. The SMILES string of the molecule is NC(=O)[C@@H]1CCCCN1C(=O)CSc1nc2ncc(Cl)cc2[nH]1. The summed E-state index contributed by atoms with van der Waals surface area (Å²) in [5, 5.41) is 1.11. The zero-order valence-corrected chi connectivity index (χ0v) is 13.9. The molecule has 9 heteroatoms. The Hall–Kier alpha value is -1.80. The standard InChI is InChI=1S/C14H16ClN5O2S/c15-8-5-9-13(17-6-8)19-14(18-9)23-7-11(21)20-4-2-1-3-10(20)12(16)22/h5-6,10H,1-4,7H2,(H2,16,22)(H,17,18,19)/t10-/m0/s1. The number of carbonyl (C=O) groups excluding carboxylic acids is 2. The first-order chi connectivity index (χ1) is 11.0. The summed E-state index contributed by atoms with van der Waals surface area (Å²) in [4.78, 5) is 36.9. The summed E-state index contributed by atoms with van der Waals surface area (Å²) in [5.41, 5.74) is 6.66. The van der Waals surface area contributed by atoms with Crippen LogP contribution in [0.2, 0.25) is 5.02 Å². The van der Waals surface area contributed by atoms with E-state index in [-0.39, 0.29) is 11.7 Å². The Balaban J connectivity index is 1.66. The van der Waals surface area contributed by atoms with Gasteiger partial charge in [0.05, 0.1) is 16.3 Å². The molecule has 0 bridgehead atoms. The van der Waals surface area contributed by atoms with Crippen molar-refractivity contribution in [1.29, 1.82) is 0 Å². The molecule has 1 fully saturated rings. The Labute approximate surface area is 142 Å². The van der Waals surface area contributed by atoms with Crippen LogP contribution in [-0.4, -0.2) is 50.0 Å². The Bertz CT molecular complexity index is 750. The molecule has 1 aliphatic heterocycles. The molecular weight excluding hydrogens is 338 g/mol. The number of fused-ring (bicyclic) bond motifs is 1. The van der Waals surface area contributed by atoms with Gasteiger partial charge in [-0.15, -0.1) is 0 Å². The minimum atomic E-state index is -0.493. The van der Waals surface area contributed by atoms with Crippen molar-refractivity contribution in [2.75, 3.05) is 12.3 Å². The number of aromatic nitrogens is 3. The van der Waals surface area contributed by atoms with Gasteiger partial charge < -0.3 is 15.6 Å². The van der Waals surface area contributed by atoms with Gasteiger partial charge in [0.2, 0.25) is 11.8 Å². The van der Waals surface area contributed by atoms with Crippen LogP contribution in [0.1, 0.15) is 19.3 Å². The van der Waals surface area contributed by atoms with E-state index in [0.29, 0.717) is 28.8 Å². The van der Waals surface area contributed by atoms with E-state index in [2.05, 4.69) is 15.0 Å². The van der Waals surface area contributed by atoms with Crippen LogP contribution in [-0.2, 0) is 9.59 Å². The average Bonchev–Trinajstić information content (AvgIpc) is 2.94. The van der Waals surface area contributed by atoms with E-state index < -0.39 is 11.9 Å². The van der Waals surface area contributed by atoms with Crippen molar-refractivity contribution in [2.45, 2.75) is 30.5 Å². The fraction of sp³-hybridized carbons (Fsp3) is 0.429. The number of primary amides is 1. The lowest BCUT2D eigenvalue weighted by Gasteiger charge is -2.33. The number of hydrogen-bond donors (Lipinski definition) is 2. The summed E-state index contributed by atoms with van der Waals surface area (Å²) in [6.07, 6.45) is 3.97. The predicted molar refractivity (Wildman–Crippen MR) is 88.2 cm³/mol. The van der Waals surface area contributed by atoms with Crippen molar-refractivity contribution in [3.63, 3.8) is 0 Å². The fourth-order valence-electron chi connectivity index (χ4n) is 2.66. The zero-order chi connectivity index (χ0) is 16.4. The molecule has 1 atom stereocenters. The van der Waals surface area contributed by atoms with Crippen molar-refractivity contribution in [2.24, 2.45) is 5.73 Å². The van der Waals surface area contributed by atoms with Crippen molar-refractivity contribution in [3.05, 3.63) is 17.3 Å². The number of rotatable bonds is 4. The zero-order valence-electron chi connectivity index (χ0n) is 12.3. The lowest BCUT2D eigenvalue weighted by molar-refractivity contribution is -0.138. The van der Waals surface area contributed by atoms with Gasteiger partial charge in [-0.05, 0) is 25.3 Å². The Morgan fingerprint density at radius 1 is 1.48 bits per heavy atom. The van der Waals surface area contributed by atoms with Gasteiger partial charge in [0.1, 0.15) is 6.04 Å².